The first kappa shape index (κ1) is 13.1. The fourth-order valence-corrected chi connectivity index (χ4v) is 2.09. The van der Waals surface area contributed by atoms with Crippen molar-refractivity contribution in [3.8, 4) is 0 Å². The summed E-state index contributed by atoms with van der Waals surface area (Å²) in [4.78, 5) is 33.0. The Balaban J connectivity index is 2.29. The molecule has 0 fully saturated rings. The molecule has 0 saturated heterocycles. The van der Waals surface area contributed by atoms with Crippen LogP contribution in [0.1, 0.15) is 17.3 Å². The Hall–Kier alpha value is -2.90. The van der Waals surface area contributed by atoms with Gasteiger partial charge in [0.05, 0.1) is 29.9 Å². The van der Waals surface area contributed by atoms with E-state index < -0.39 is 5.97 Å². The third kappa shape index (κ3) is 1.92. The summed E-state index contributed by atoms with van der Waals surface area (Å²) in [5.74, 6) is -0.496. The summed E-state index contributed by atoms with van der Waals surface area (Å²) in [6.07, 6.45) is 4.25. The van der Waals surface area contributed by atoms with Crippen LogP contribution in [0.15, 0.2) is 29.5 Å². The van der Waals surface area contributed by atoms with Gasteiger partial charge in [-0.05, 0) is 13.0 Å². The number of carbonyl (C=O) groups excluding carboxylic acids is 1. The normalized spacial score (nSPS) is 11.0. The van der Waals surface area contributed by atoms with E-state index in [4.69, 9.17) is 9.57 Å². The lowest BCUT2D eigenvalue weighted by Crippen LogP contribution is -2.24. The topological polar surface area (TPSA) is 87.7 Å². The largest absolute Gasteiger partial charge is 0.462 e. The predicted molar refractivity (Wildman–Crippen MR) is 73.2 cm³/mol. The second kappa shape index (κ2) is 4.89. The van der Waals surface area contributed by atoms with Crippen LogP contribution in [0.25, 0.3) is 16.6 Å². The minimum Gasteiger partial charge on any atom is -0.462 e. The lowest BCUT2D eigenvalue weighted by Gasteiger charge is -2.05. The average Bonchev–Trinajstić information content (AvgIpc) is 2.92. The number of aromatic nitrogens is 4. The average molecular weight is 288 g/mol. The number of ether oxygens (including phenoxy) is 1. The number of pyridine rings is 1. The van der Waals surface area contributed by atoms with Crippen LogP contribution in [0.5, 0.6) is 0 Å². The molecule has 0 aliphatic carbocycles. The summed E-state index contributed by atoms with van der Waals surface area (Å²) >= 11 is 0. The summed E-state index contributed by atoms with van der Waals surface area (Å²) < 4.78 is 7.47. The summed E-state index contributed by atoms with van der Waals surface area (Å²) in [5.41, 5.74) is 0.789. The molecular formula is C13H12N4O4. The summed E-state index contributed by atoms with van der Waals surface area (Å²) in [6.45, 7) is 1.99. The molecule has 21 heavy (non-hydrogen) atoms. The van der Waals surface area contributed by atoms with Gasteiger partial charge in [-0.2, -0.15) is 9.83 Å². The Labute approximate surface area is 118 Å². The van der Waals surface area contributed by atoms with Crippen molar-refractivity contribution in [3.63, 3.8) is 0 Å². The van der Waals surface area contributed by atoms with E-state index >= 15 is 0 Å². The van der Waals surface area contributed by atoms with E-state index in [1.165, 1.54) is 30.2 Å². The molecule has 0 amide bonds. The molecule has 3 aromatic heterocycles. The van der Waals surface area contributed by atoms with Crippen molar-refractivity contribution >= 4 is 22.5 Å². The lowest BCUT2D eigenvalue weighted by atomic mass is 10.3. The highest BCUT2D eigenvalue weighted by Gasteiger charge is 2.17. The quantitative estimate of drug-likeness (QED) is 0.643. The number of carbonyl (C=O) groups is 1. The molecule has 0 unspecified atom stereocenters. The standard InChI is InChI=1S/C13H12N4O4/c1-3-21-13(19)9-7-15-17-10-4-5-16(20-2)12(18)8(10)6-14-11(9)17/h4-7H,3H2,1-2H3. The molecule has 3 heterocycles. The summed E-state index contributed by atoms with van der Waals surface area (Å²) in [7, 11) is 1.39. The van der Waals surface area contributed by atoms with Crippen molar-refractivity contribution < 1.29 is 14.4 Å². The molecule has 8 nitrogen and oxygen atoms in total. The first-order valence-electron chi connectivity index (χ1n) is 6.27. The first-order valence-corrected chi connectivity index (χ1v) is 6.27. The fourth-order valence-electron chi connectivity index (χ4n) is 2.09. The molecule has 8 heteroatoms. The first-order chi connectivity index (χ1) is 10.2. The number of nitrogens with zero attached hydrogens (tertiary/aromatic N) is 4. The molecule has 108 valence electrons. The number of hydrogen-bond donors (Lipinski definition) is 0. The van der Waals surface area contributed by atoms with Crippen molar-refractivity contribution in [1.29, 1.82) is 0 Å². The summed E-state index contributed by atoms with van der Waals surface area (Å²) in [5, 5.41) is 4.45. The molecule has 0 aromatic carbocycles. The van der Waals surface area contributed by atoms with Gasteiger partial charge in [0.25, 0.3) is 5.56 Å². The van der Waals surface area contributed by atoms with Gasteiger partial charge in [0, 0.05) is 6.20 Å². The van der Waals surface area contributed by atoms with Crippen LogP contribution >= 0.6 is 0 Å². The van der Waals surface area contributed by atoms with Crippen LogP contribution in [0, 0.1) is 0 Å². The van der Waals surface area contributed by atoms with E-state index in [0.29, 0.717) is 16.6 Å². The van der Waals surface area contributed by atoms with Gasteiger partial charge in [0.1, 0.15) is 12.7 Å². The van der Waals surface area contributed by atoms with Crippen LogP contribution in [-0.4, -0.2) is 39.0 Å². The number of esters is 1. The maximum atomic E-state index is 12.1. The SMILES string of the molecule is CCOC(=O)c1cnn2c1ncc1c(=O)n(OC)ccc12. The molecule has 0 N–H and O–H groups in total. The highest BCUT2D eigenvalue weighted by atomic mass is 16.6. The van der Waals surface area contributed by atoms with Crippen molar-refractivity contribution in [3.05, 3.63) is 40.6 Å². The third-order valence-electron chi connectivity index (χ3n) is 3.05. The highest BCUT2D eigenvalue weighted by Crippen LogP contribution is 2.15. The van der Waals surface area contributed by atoms with Crippen LogP contribution in [0.2, 0.25) is 0 Å². The minimum absolute atomic E-state index is 0.259. The molecule has 0 aliphatic heterocycles. The van der Waals surface area contributed by atoms with E-state index in [-0.39, 0.29) is 17.7 Å². The maximum absolute atomic E-state index is 12.1. The maximum Gasteiger partial charge on any atom is 0.343 e. The van der Waals surface area contributed by atoms with Crippen LogP contribution in [0.4, 0.5) is 0 Å². The highest BCUT2D eigenvalue weighted by molar-refractivity contribution is 5.96. The fraction of sp³-hybridized carbons (Fsp3) is 0.231. The van der Waals surface area contributed by atoms with Gasteiger partial charge >= 0.3 is 5.97 Å². The second-order valence-electron chi connectivity index (χ2n) is 4.20. The summed E-state index contributed by atoms with van der Waals surface area (Å²) in [6, 6.07) is 1.66. The monoisotopic (exact) mass is 288 g/mol. The van der Waals surface area contributed by atoms with Crippen molar-refractivity contribution in [2.24, 2.45) is 0 Å². The molecule has 0 saturated carbocycles. The van der Waals surface area contributed by atoms with Gasteiger partial charge in [-0.1, -0.05) is 0 Å². The van der Waals surface area contributed by atoms with Gasteiger partial charge < -0.3 is 9.57 Å². The van der Waals surface area contributed by atoms with Gasteiger partial charge in [-0.3, -0.25) is 4.79 Å². The zero-order chi connectivity index (χ0) is 15.0. The van der Waals surface area contributed by atoms with Crippen molar-refractivity contribution in [2.45, 2.75) is 6.92 Å². The van der Waals surface area contributed by atoms with Crippen LogP contribution < -0.4 is 10.4 Å². The molecule has 0 aliphatic rings. The van der Waals surface area contributed by atoms with Crippen LogP contribution in [0.3, 0.4) is 0 Å². The molecule has 3 rings (SSSR count). The number of hydrogen-bond acceptors (Lipinski definition) is 6. The third-order valence-corrected chi connectivity index (χ3v) is 3.05. The van der Waals surface area contributed by atoms with Gasteiger partial charge in [0.2, 0.25) is 0 Å². The molecule has 3 aromatic rings. The Morgan fingerprint density at radius 2 is 2.19 bits per heavy atom. The van der Waals surface area contributed by atoms with E-state index in [1.807, 2.05) is 0 Å². The predicted octanol–water partition coefficient (Wildman–Crippen LogP) is 0.279. The minimum atomic E-state index is -0.496. The van der Waals surface area contributed by atoms with E-state index in [9.17, 15) is 9.59 Å². The molecular weight excluding hydrogens is 276 g/mol. The Morgan fingerprint density at radius 3 is 2.90 bits per heavy atom. The Bertz CT molecular complexity index is 896. The molecule has 0 radical (unpaired) electrons. The molecule has 0 spiro atoms. The molecule has 0 bridgehead atoms. The zero-order valence-corrected chi connectivity index (χ0v) is 11.4. The Kier molecular flexibility index (Phi) is 3.05. The smallest absolute Gasteiger partial charge is 0.343 e. The lowest BCUT2D eigenvalue weighted by molar-refractivity contribution is 0.0528. The van der Waals surface area contributed by atoms with Gasteiger partial charge in [-0.25, -0.2) is 14.3 Å². The van der Waals surface area contributed by atoms with E-state index in [0.717, 1.165) is 4.73 Å². The van der Waals surface area contributed by atoms with Crippen molar-refractivity contribution in [2.75, 3.05) is 13.7 Å². The van der Waals surface area contributed by atoms with Gasteiger partial charge in [0.15, 0.2) is 5.65 Å². The Morgan fingerprint density at radius 1 is 1.38 bits per heavy atom. The van der Waals surface area contributed by atoms with E-state index in [1.54, 1.807) is 13.0 Å². The zero-order valence-electron chi connectivity index (χ0n) is 11.4. The number of fused-ring (bicyclic) bond motifs is 3. The van der Waals surface area contributed by atoms with Crippen LogP contribution in [-0.2, 0) is 4.74 Å². The van der Waals surface area contributed by atoms with E-state index in [2.05, 4.69) is 10.1 Å². The number of rotatable bonds is 3. The second-order valence-corrected chi connectivity index (χ2v) is 4.20. The van der Waals surface area contributed by atoms with Crippen molar-refractivity contribution in [1.82, 2.24) is 19.3 Å². The van der Waals surface area contributed by atoms with Gasteiger partial charge in [-0.15, -0.1) is 0 Å². The molecule has 0 atom stereocenters.